The number of nitrogens with one attached hydrogen (secondary N) is 1. The molecule has 0 saturated carbocycles. The van der Waals surface area contributed by atoms with Crippen LogP contribution in [0.3, 0.4) is 0 Å². The molecule has 2 aromatic heterocycles. The second-order valence-corrected chi connectivity index (χ2v) is 5.81. The predicted molar refractivity (Wildman–Crippen MR) is 79.3 cm³/mol. The molecule has 0 unspecified atom stereocenters. The molecule has 23 heavy (non-hydrogen) atoms. The van der Waals surface area contributed by atoms with Crippen molar-refractivity contribution in [3.8, 4) is 0 Å². The molecule has 1 saturated heterocycles. The lowest BCUT2D eigenvalue weighted by Crippen LogP contribution is -2.41. The summed E-state index contributed by atoms with van der Waals surface area (Å²) in [5.41, 5.74) is 0.329. The Morgan fingerprint density at radius 2 is 2.13 bits per heavy atom. The number of fused-ring (bicyclic) bond motifs is 1. The number of urea groups is 1. The number of hydrogen-bond donors (Lipinski definition) is 1. The monoisotopic (exact) mass is 316 g/mol. The zero-order valence-corrected chi connectivity index (χ0v) is 12.8. The van der Waals surface area contributed by atoms with Crippen molar-refractivity contribution in [3.63, 3.8) is 0 Å². The summed E-state index contributed by atoms with van der Waals surface area (Å²) in [7, 11) is 0. The first-order valence-electron chi connectivity index (χ1n) is 7.09. The molecule has 1 aliphatic heterocycles. The lowest BCUT2D eigenvalue weighted by molar-refractivity contribution is -0.148. The van der Waals surface area contributed by atoms with Crippen molar-refractivity contribution in [1.82, 2.24) is 19.6 Å². The number of hydrogen-bond acceptors (Lipinski definition) is 5. The van der Waals surface area contributed by atoms with Gasteiger partial charge >= 0.3 is 12.0 Å². The molecule has 3 rings (SSSR count). The minimum absolute atomic E-state index is 0.0203. The van der Waals surface area contributed by atoms with Gasteiger partial charge in [-0.05, 0) is 26.0 Å². The van der Waals surface area contributed by atoms with E-state index in [-0.39, 0.29) is 6.61 Å². The minimum atomic E-state index is -1.00. The largest absolute Gasteiger partial charge is 0.458 e. The van der Waals surface area contributed by atoms with Gasteiger partial charge in [-0.25, -0.2) is 9.78 Å². The number of esters is 1. The van der Waals surface area contributed by atoms with Crippen LogP contribution in [0.2, 0.25) is 0 Å². The summed E-state index contributed by atoms with van der Waals surface area (Å²) in [6.45, 7) is 2.72. The van der Waals surface area contributed by atoms with Crippen LogP contribution in [0.15, 0.2) is 30.6 Å². The number of imide groups is 1. The molecule has 3 heterocycles. The van der Waals surface area contributed by atoms with Gasteiger partial charge in [0.15, 0.2) is 0 Å². The van der Waals surface area contributed by atoms with Gasteiger partial charge in [0, 0.05) is 12.4 Å². The molecule has 1 N–H and O–H groups in total. The Balaban J connectivity index is 1.59. The number of aromatic nitrogens is 2. The predicted octanol–water partition coefficient (Wildman–Crippen LogP) is 0.708. The van der Waals surface area contributed by atoms with Crippen molar-refractivity contribution < 1.29 is 19.1 Å². The Hall–Kier alpha value is -2.90. The Kier molecular flexibility index (Phi) is 3.51. The summed E-state index contributed by atoms with van der Waals surface area (Å²) < 4.78 is 6.90. The molecule has 8 nitrogen and oxygen atoms in total. The van der Waals surface area contributed by atoms with E-state index in [4.69, 9.17) is 4.74 Å². The van der Waals surface area contributed by atoms with Crippen LogP contribution < -0.4 is 5.32 Å². The Labute approximate surface area is 132 Å². The van der Waals surface area contributed by atoms with Gasteiger partial charge in [0.05, 0.1) is 5.69 Å². The highest BCUT2D eigenvalue weighted by atomic mass is 16.5. The van der Waals surface area contributed by atoms with E-state index in [0.717, 1.165) is 10.5 Å². The molecular formula is C15H16N4O4. The van der Waals surface area contributed by atoms with Crippen LogP contribution in [0, 0.1) is 0 Å². The van der Waals surface area contributed by atoms with Crippen LogP contribution in [0.1, 0.15) is 19.5 Å². The average Bonchev–Trinajstić information content (AvgIpc) is 2.99. The highest BCUT2D eigenvalue weighted by Gasteiger charge is 2.45. The van der Waals surface area contributed by atoms with Gasteiger partial charge in [0.25, 0.3) is 5.91 Å². The molecule has 2 aromatic rings. The summed E-state index contributed by atoms with van der Waals surface area (Å²) in [4.78, 5) is 40.7. The second kappa shape index (κ2) is 5.38. The first-order valence-corrected chi connectivity index (χ1v) is 7.09. The van der Waals surface area contributed by atoms with E-state index >= 15 is 0 Å². The van der Waals surface area contributed by atoms with Crippen LogP contribution in [0.5, 0.6) is 0 Å². The molecule has 3 amide bonds. The maximum Gasteiger partial charge on any atom is 0.326 e. The second-order valence-electron chi connectivity index (χ2n) is 5.81. The van der Waals surface area contributed by atoms with Gasteiger partial charge in [-0.15, -0.1) is 0 Å². The van der Waals surface area contributed by atoms with E-state index in [1.807, 2.05) is 28.8 Å². The summed E-state index contributed by atoms with van der Waals surface area (Å²) in [6, 6.07) is 4.96. The van der Waals surface area contributed by atoms with E-state index < -0.39 is 30.0 Å². The summed E-state index contributed by atoms with van der Waals surface area (Å²) in [5.74, 6) is -1.12. The van der Waals surface area contributed by atoms with Crippen molar-refractivity contribution in [2.24, 2.45) is 0 Å². The molecular weight excluding hydrogens is 300 g/mol. The number of imidazole rings is 1. The Bertz CT molecular complexity index is 763. The fourth-order valence-corrected chi connectivity index (χ4v) is 2.35. The first kappa shape index (κ1) is 15.0. The smallest absolute Gasteiger partial charge is 0.326 e. The van der Waals surface area contributed by atoms with Crippen molar-refractivity contribution in [3.05, 3.63) is 36.3 Å². The van der Waals surface area contributed by atoms with Crippen molar-refractivity contribution >= 4 is 23.6 Å². The molecule has 0 aromatic carbocycles. The summed E-state index contributed by atoms with van der Waals surface area (Å²) in [6.07, 6.45) is 3.59. The first-order chi connectivity index (χ1) is 10.9. The number of carbonyl (C=O) groups excluding carboxylic acids is 3. The quantitative estimate of drug-likeness (QED) is 0.662. The molecule has 0 atom stereocenters. The normalized spacial score (nSPS) is 16.7. The van der Waals surface area contributed by atoms with E-state index in [0.29, 0.717) is 5.69 Å². The van der Waals surface area contributed by atoms with Crippen molar-refractivity contribution in [1.29, 1.82) is 0 Å². The highest BCUT2D eigenvalue weighted by molar-refractivity contribution is 6.08. The van der Waals surface area contributed by atoms with Crippen LogP contribution in [0.25, 0.3) is 5.65 Å². The average molecular weight is 316 g/mol. The van der Waals surface area contributed by atoms with Crippen LogP contribution >= 0.6 is 0 Å². The van der Waals surface area contributed by atoms with Gasteiger partial charge in [0.1, 0.15) is 24.3 Å². The fourth-order valence-electron chi connectivity index (χ4n) is 2.35. The van der Waals surface area contributed by atoms with Crippen LogP contribution in [-0.4, -0.2) is 44.3 Å². The zero-order chi connectivity index (χ0) is 16.6. The van der Waals surface area contributed by atoms with E-state index in [1.54, 1.807) is 20.0 Å². The standard InChI is InChI=1S/C15H16N4O4/c1-15(2)13(21)19(14(22)17-15)8-12(20)23-9-10-7-18-6-4-3-5-11(18)16-10/h3-7H,8-9H2,1-2H3,(H,17,22). The van der Waals surface area contributed by atoms with Gasteiger partial charge < -0.3 is 14.5 Å². The summed E-state index contributed by atoms with van der Waals surface area (Å²) in [5, 5.41) is 2.50. The molecule has 0 aliphatic carbocycles. The number of amides is 3. The lowest BCUT2D eigenvalue weighted by atomic mass is 10.1. The number of carbonyl (C=O) groups is 3. The third-order valence-corrected chi connectivity index (χ3v) is 3.53. The third-order valence-electron chi connectivity index (χ3n) is 3.53. The molecule has 0 spiro atoms. The van der Waals surface area contributed by atoms with E-state index in [1.165, 1.54) is 0 Å². The molecule has 120 valence electrons. The molecule has 8 heteroatoms. The van der Waals surface area contributed by atoms with E-state index in [9.17, 15) is 14.4 Å². The lowest BCUT2D eigenvalue weighted by Gasteiger charge is -2.15. The van der Waals surface area contributed by atoms with Crippen LogP contribution in [0.4, 0.5) is 4.79 Å². The van der Waals surface area contributed by atoms with Gasteiger partial charge in [0.2, 0.25) is 0 Å². The zero-order valence-electron chi connectivity index (χ0n) is 12.8. The molecule has 0 bridgehead atoms. The van der Waals surface area contributed by atoms with E-state index in [2.05, 4.69) is 10.3 Å². The van der Waals surface area contributed by atoms with Gasteiger partial charge in [-0.2, -0.15) is 0 Å². The third kappa shape index (κ3) is 2.87. The van der Waals surface area contributed by atoms with Crippen molar-refractivity contribution in [2.45, 2.75) is 26.0 Å². The number of pyridine rings is 1. The number of rotatable bonds is 4. The van der Waals surface area contributed by atoms with Gasteiger partial charge in [-0.3, -0.25) is 14.5 Å². The maximum atomic E-state index is 12.0. The fraction of sp³-hybridized carbons (Fsp3) is 0.333. The Morgan fingerprint density at radius 3 is 2.78 bits per heavy atom. The Morgan fingerprint density at radius 1 is 1.35 bits per heavy atom. The number of nitrogens with zero attached hydrogens (tertiary/aromatic N) is 3. The molecule has 1 fully saturated rings. The van der Waals surface area contributed by atoms with Crippen molar-refractivity contribution in [2.75, 3.05) is 6.54 Å². The highest BCUT2D eigenvalue weighted by Crippen LogP contribution is 2.16. The topological polar surface area (TPSA) is 93.0 Å². The summed E-state index contributed by atoms with van der Waals surface area (Å²) >= 11 is 0. The maximum absolute atomic E-state index is 12.0. The SMILES string of the molecule is CC1(C)NC(=O)N(CC(=O)OCc2cn3ccccc3n2)C1=O. The van der Waals surface area contributed by atoms with Gasteiger partial charge in [-0.1, -0.05) is 6.07 Å². The molecule has 0 radical (unpaired) electrons. The molecule has 1 aliphatic rings. The number of ether oxygens (including phenoxy) is 1. The minimum Gasteiger partial charge on any atom is -0.458 e. The van der Waals surface area contributed by atoms with Crippen LogP contribution in [-0.2, 0) is 20.9 Å².